The van der Waals surface area contributed by atoms with Gasteiger partial charge in [0.2, 0.25) is 0 Å². The topological polar surface area (TPSA) is 90.5 Å². The van der Waals surface area contributed by atoms with E-state index in [1.54, 1.807) is 55.1 Å². The van der Waals surface area contributed by atoms with Crippen molar-refractivity contribution in [3.05, 3.63) is 76.1 Å². The number of aromatic nitrogens is 1. The summed E-state index contributed by atoms with van der Waals surface area (Å²) in [6.07, 6.45) is 0.997. The second-order valence-corrected chi connectivity index (χ2v) is 10.2. The Balaban J connectivity index is 2.12. The molecule has 3 rings (SSSR count). The maximum Gasteiger partial charge on any atom is 0.264 e. The van der Waals surface area contributed by atoms with E-state index in [1.165, 1.54) is 12.1 Å². The number of hydrogen-bond acceptors (Lipinski definition) is 4. The van der Waals surface area contributed by atoms with E-state index in [0.717, 1.165) is 17.5 Å². The first kappa shape index (κ1) is 23.1. The number of amides is 1. The van der Waals surface area contributed by atoms with Crippen LogP contribution in [0.3, 0.4) is 0 Å². The van der Waals surface area contributed by atoms with Gasteiger partial charge in [0.1, 0.15) is 0 Å². The Bertz CT molecular complexity index is 1210. The quantitative estimate of drug-likeness (QED) is 0.562. The smallest absolute Gasteiger partial charge is 0.264 e. The van der Waals surface area contributed by atoms with Crippen molar-refractivity contribution in [2.75, 3.05) is 11.2 Å². The Hall–Kier alpha value is -2.61. The van der Waals surface area contributed by atoms with E-state index in [2.05, 4.69) is 4.98 Å². The number of halogens is 1. The number of nitrogens with one attached hydrogen (secondary N) is 1. The molecule has 2 N–H and O–H groups in total. The summed E-state index contributed by atoms with van der Waals surface area (Å²) in [5.41, 5.74) is 3.88. The molecule has 0 aliphatic rings. The van der Waals surface area contributed by atoms with Crippen LogP contribution >= 0.6 is 11.6 Å². The molecular weight excluding hydrogens is 436 g/mol. The van der Waals surface area contributed by atoms with Crippen LogP contribution in [0.4, 0.5) is 11.4 Å². The van der Waals surface area contributed by atoms with Crippen molar-refractivity contribution in [3.63, 3.8) is 0 Å². The largest absolute Gasteiger partial charge is 0.393 e. The summed E-state index contributed by atoms with van der Waals surface area (Å²) in [6, 6.07) is 13.2. The van der Waals surface area contributed by atoms with Gasteiger partial charge in [-0.1, -0.05) is 11.6 Å². The van der Waals surface area contributed by atoms with E-state index in [-0.39, 0.29) is 10.8 Å². The van der Waals surface area contributed by atoms with Crippen LogP contribution in [0.2, 0.25) is 5.02 Å². The third-order valence-corrected chi connectivity index (χ3v) is 6.31. The van der Waals surface area contributed by atoms with Gasteiger partial charge in [-0.05, 0) is 74.9 Å². The number of aromatic amines is 1. The maximum absolute atomic E-state index is 13.7. The molecule has 1 amide bonds. The molecule has 6 nitrogen and oxygen atoms in total. The number of H-pyrrole nitrogens is 1. The van der Waals surface area contributed by atoms with Crippen LogP contribution in [0.5, 0.6) is 0 Å². The van der Waals surface area contributed by atoms with Gasteiger partial charge in [-0.2, -0.15) is 0 Å². The highest BCUT2D eigenvalue weighted by Crippen LogP contribution is 2.33. The lowest BCUT2D eigenvalue weighted by Gasteiger charge is -2.25. The van der Waals surface area contributed by atoms with Crippen molar-refractivity contribution in [3.8, 4) is 0 Å². The minimum atomic E-state index is -3.36. The van der Waals surface area contributed by atoms with Crippen molar-refractivity contribution in [1.82, 2.24) is 4.98 Å². The second kappa shape index (κ2) is 8.86. The molecule has 164 valence electrons. The van der Waals surface area contributed by atoms with E-state index in [4.69, 9.17) is 11.6 Å². The summed E-state index contributed by atoms with van der Waals surface area (Å²) >= 11 is 6.11. The highest BCUT2D eigenvalue weighted by molar-refractivity contribution is 7.90. The second-order valence-electron chi connectivity index (χ2n) is 7.72. The Morgan fingerprint density at radius 2 is 1.77 bits per heavy atom. The maximum atomic E-state index is 13.7. The highest BCUT2D eigenvalue weighted by Gasteiger charge is 2.25. The lowest BCUT2D eigenvalue weighted by molar-refractivity contribution is 0.0998. The van der Waals surface area contributed by atoms with E-state index in [1.807, 2.05) is 6.92 Å². The summed E-state index contributed by atoms with van der Waals surface area (Å²) in [7, 11) is -3.36. The molecule has 0 bridgehead atoms. The van der Waals surface area contributed by atoms with Crippen molar-refractivity contribution in [1.29, 1.82) is 0 Å². The number of carbonyl (C=O) groups excluding carboxylic acids is 1. The SMILES string of the molecule is Cc1cc(Cl)ccc1N(C(=O)c1cc(C[C@H](C)O)[nH]c1C)c1ccc(S(C)(=O)=O)cc1. The molecule has 8 heteroatoms. The van der Waals surface area contributed by atoms with Crippen molar-refractivity contribution < 1.29 is 18.3 Å². The van der Waals surface area contributed by atoms with Crippen molar-refractivity contribution in [2.45, 2.75) is 38.2 Å². The first-order chi connectivity index (χ1) is 14.5. The Kier molecular flexibility index (Phi) is 6.59. The molecule has 3 aromatic rings. The molecular formula is C23H25ClN2O4S. The summed E-state index contributed by atoms with van der Waals surface area (Å²) < 4.78 is 23.7. The predicted molar refractivity (Wildman–Crippen MR) is 123 cm³/mol. The fourth-order valence-electron chi connectivity index (χ4n) is 3.48. The highest BCUT2D eigenvalue weighted by atomic mass is 35.5. The number of anilines is 2. The monoisotopic (exact) mass is 460 g/mol. The normalized spacial score (nSPS) is 12.6. The third-order valence-electron chi connectivity index (χ3n) is 4.94. The molecule has 1 aromatic heterocycles. The lowest BCUT2D eigenvalue weighted by atomic mass is 10.1. The van der Waals surface area contributed by atoms with Gasteiger partial charge in [-0.3, -0.25) is 9.69 Å². The van der Waals surface area contributed by atoms with Crippen LogP contribution in [0.1, 0.15) is 34.2 Å². The molecule has 31 heavy (non-hydrogen) atoms. The molecule has 2 aromatic carbocycles. The zero-order chi connectivity index (χ0) is 22.9. The number of carbonyl (C=O) groups is 1. The minimum Gasteiger partial charge on any atom is -0.393 e. The van der Waals surface area contributed by atoms with Gasteiger partial charge in [0, 0.05) is 34.8 Å². The van der Waals surface area contributed by atoms with Gasteiger partial charge >= 0.3 is 0 Å². The molecule has 0 aliphatic carbocycles. The molecule has 1 atom stereocenters. The summed E-state index contributed by atoms with van der Waals surface area (Å²) in [4.78, 5) is 18.6. The number of rotatable bonds is 6. The fourth-order valence-corrected chi connectivity index (χ4v) is 4.33. The Labute approximate surface area is 187 Å². The molecule has 0 spiro atoms. The summed E-state index contributed by atoms with van der Waals surface area (Å²) in [5.74, 6) is -0.275. The van der Waals surface area contributed by atoms with Crippen LogP contribution in [0.25, 0.3) is 0 Å². The van der Waals surface area contributed by atoms with Crippen molar-refractivity contribution >= 4 is 38.7 Å². The van der Waals surface area contributed by atoms with Crippen LogP contribution < -0.4 is 4.90 Å². The predicted octanol–water partition coefficient (Wildman–Crippen LogP) is 4.59. The zero-order valence-corrected chi connectivity index (χ0v) is 19.4. The van der Waals surface area contributed by atoms with Crippen LogP contribution in [-0.2, 0) is 16.3 Å². The summed E-state index contributed by atoms with van der Waals surface area (Å²) in [6.45, 7) is 5.35. The molecule has 0 radical (unpaired) electrons. The molecule has 0 fully saturated rings. The molecule has 0 saturated heterocycles. The molecule has 1 heterocycles. The van der Waals surface area contributed by atoms with E-state index in [0.29, 0.717) is 34.1 Å². The van der Waals surface area contributed by atoms with Crippen LogP contribution in [-0.4, -0.2) is 36.8 Å². The van der Waals surface area contributed by atoms with Crippen LogP contribution in [0.15, 0.2) is 53.4 Å². The van der Waals surface area contributed by atoms with Gasteiger partial charge in [-0.15, -0.1) is 0 Å². The minimum absolute atomic E-state index is 0.175. The van der Waals surface area contributed by atoms with Gasteiger partial charge < -0.3 is 10.1 Å². The van der Waals surface area contributed by atoms with Crippen LogP contribution in [0, 0.1) is 13.8 Å². The summed E-state index contributed by atoms with van der Waals surface area (Å²) in [5, 5.41) is 10.2. The number of aryl methyl sites for hydroxylation is 2. The first-order valence-electron chi connectivity index (χ1n) is 9.74. The van der Waals surface area contributed by atoms with E-state index < -0.39 is 15.9 Å². The molecule has 0 unspecified atom stereocenters. The van der Waals surface area contributed by atoms with Gasteiger partial charge in [0.05, 0.1) is 22.3 Å². The number of benzene rings is 2. The lowest BCUT2D eigenvalue weighted by Crippen LogP contribution is -2.27. The Morgan fingerprint density at radius 1 is 1.13 bits per heavy atom. The third kappa shape index (κ3) is 5.18. The standard InChI is InChI=1S/C23H25ClN2O4S/c1-14-11-17(24)5-10-22(14)26(19-6-8-20(9-7-19)31(4,29)30)23(28)21-13-18(12-15(2)27)25-16(21)3/h5-11,13,15,25,27H,12H2,1-4H3/t15-/m0/s1. The van der Waals surface area contributed by atoms with Gasteiger partial charge in [-0.25, -0.2) is 8.42 Å². The molecule has 0 aliphatic heterocycles. The van der Waals surface area contributed by atoms with Gasteiger partial charge in [0.25, 0.3) is 5.91 Å². The number of sulfone groups is 1. The zero-order valence-electron chi connectivity index (χ0n) is 17.8. The number of nitrogens with zero attached hydrogens (tertiary/aromatic N) is 1. The molecule has 0 saturated carbocycles. The average Bonchev–Trinajstić information content (AvgIpc) is 3.02. The van der Waals surface area contributed by atoms with E-state index in [9.17, 15) is 18.3 Å². The van der Waals surface area contributed by atoms with Gasteiger partial charge in [0.15, 0.2) is 9.84 Å². The first-order valence-corrected chi connectivity index (χ1v) is 12.0. The van der Waals surface area contributed by atoms with E-state index >= 15 is 0 Å². The Morgan fingerprint density at radius 3 is 2.32 bits per heavy atom. The number of aliphatic hydroxyl groups excluding tert-OH is 1. The number of hydrogen-bond donors (Lipinski definition) is 2. The van der Waals surface area contributed by atoms with Crippen molar-refractivity contribution in [2.24, 2.45) is 0 Å². The average molecular weight is 461 g/mol. The fraction of sp³-hybridized carbons (Fsp3) is 0.261. The number of aliphatic hydroxyl groups is 1.